The van der Waals surface area contributed by atoms with Crippen LogP contribution in [0.5, 0.6) is 0 Å². The summed E-state index contributed by atoms with van der Waals surface area (Å²) in [5.41, 5.74) is 1.07. The molecule has 0 heterocycles. The van der Waals surface area contributed by atoms with Gasteiger partial charge in [-0.25, -0.2) is 0 Å². The van der Waals surface area contributed by atoms with Gasteiger partial charge in [-0.3, -0.25) is 0 Å². The van der Waals surface area contributed by atoms with Crippen LogP contribution in [0.4, 0.5) is 0 Å². The van der Waals surface area contributed by atoms with E-state index in [1.165, 1.54) is 36.3 Å². The Kier molecular flexibility index (Phi) is 6.74. The van der Waals surface area contributed by atoms with Gasteiger partial charge in [0.05, 0.1) is 6.21 Å². The molecular formula is C13H20N2S. The molecule has 0 radical (unpaired) electrons. The molecule has 0 aliphatic carbocycles. The normalized spacial score (nSPS) is 11.1. The predicted octanol–water partition coefficient (Wildman–Crippen LogP) is 3.65. The van der Waals surface area contributed by atoms with Gasteiger partial charge in [0, 0.05) is 4.90 Å². The van der Waals surface area contributed by atoms with Gasteiger partial charge in [-0.05, 0) is 29.9 Å². The minimum absolute atomic E-state index is 1.07. The topological polar surface area (TPSA) is 38.4 Å². The van der Waals surface area contributed by atoms with Crippen LogP contribution in [0.25, 0.3) is 0 Å². The Morgan fingerprint density at radius 1 is 1.31 bits per heavy atom. The lowest BCUT2D eigenvalue weighted by Gasteiger charge is -2.02. The molecule has 0 unspecified atom stereocenters. The van der Waals surface area contributed by atoms with Crippen molar-refractivity contribution in [1.82, 2.24) is 0 Å². The molecule has 0 aromatic heterocycles. The molecule has 0 amide bonds. The van der Waals surface area contributed by atoms with Gasteiger partial charge in [0.25, 0.3) is 0 Å². The highest BCUT2D eigenvalue weighted by atomic mass is 32.2. The first kappa shape index (κ1) is 13.1. The van der Waals surface area contributed by atoms with E-state index >= 15 is 0 Å². The first-order chi connectivity index (χ1) is 7.86. The average Bonchev–Trinajstić information content (AvgIpc) is 2.30. The van der Waals surface area contributed by atoms with Crippen LogP contribution in [0.2, 0.25) is 0 Å². The Morgan fingerprint density at radius 2 is 2.19 bits per heavy atom. The molecule has 0 spiro atoms. The smallest absolute Gasteiger partial charge is 0.0538 e. The van der Waals surface area contributed by atoms with E-state index < -0.39 is 0 Å². The number of hydrogen-bond acceptors (Lipinski definition) is 3. The lowest BCUT2D eigenvalue weighted by molar-refractivity contribution is 0.706. The van der Waals surface area contributed by atoms with Crippen LogP contribution in [-0.4, -0.2) is 12.0 Å². The molecule has 3 heteroatoms. The molecule has 1 aromatic carbocycles. The lowest BCUT2D eigenvalue weighted by Crippen LogP contribution is -1.87. The molecule has 1 aromatic rings. The summed E-state index contributed by atoms with van der Waals surface area (Å²) in [4.78, 5) is 1.30. The van der Waals surface area contributed by atoms with Gasteiger partial charge in [0.2, 0.25) is 0 Å². The zero-order valence-corrected chi connectivity index (χ0v) is 10.7. The summed E-state index contributed by atoms with van der Waals surface area (Å²) in [6.45, 7) is 2.24. The molecular weight excluding hydrogens is 216 g/mol. The first-order valence-electron chi connectivity index (χ1n) is 5.83. The monoisotopic (exact) mass is 236 g/mol. The largest absolute Gasteiger partial charge is 0.323 e. The second-order valence-electron chi connectivity index (χ2n) is 3.76. The Hall–Kier alpha value is -0.960. The van der Waals surface area contributed by atoms with Crippen LogP contribution < -0.4 is 5.84 Å². The van der Waals surface area contributed by atoms with E-state index in [1.54, 1.807) is 6.21 Å². The minimum Gasteiger partial charge on any atom is -0.323 e. The molecule has 2 N–H and O–H groups in total. The standard InChI is InChI=1S/C13H20N2S/c1-2-3-4-5-9-16-13-8-6-7-12(10-13)11-15-14/h6-8,10-11H,2-5,9,14H2,1H3. The molecule has 1 rings (SSSR count). The van der Waals surface area contributed by atoms with E-state index in [0.29, 0.717) is 0 Å². The van der Waals surface area contributed by atoms with E-state index in [2.05, 4.69) is 24.2 Å². The van der Waals surface area contributed by atoms with Gasteiger partial charge in [-0.15, -0.1) is 11.8 Å². The highest BCUT2D eigenvalue weighted by Gasteiger charge is 1.95. The number of nitrogens with zero attached hydrogens (tertiary/aromatic N) is 1. The van der Waals surface area contributed by atoms with Gasteiger partial charge in [0.15, 0.2) is 0 Å². The third-order valence-corrected chi connectivity index (χ3v) is 3.43. The second kappa shape index (κ2) is 8.22. The SMILES string of the molecule is CCCCCCSc1cccc(C=NN)c1. The molecule has 0 atom stereocenters. The quantitative estimate of drug-likeness (QED) is 0.258. The third kappa shape index (κ3) is 5.21. The second-order valence-corrected chi connectivity index (χ2v) is 4.93. The van der Waals surface area contributed by atoms with Crippen LogP contribution in [0.3, 0.4) is 0 Å². The third-order valence-electron chi connectivity index (χ3n) is 2.35. The van der Waals surface area contributed by atoms with Crippen molar-refractivity contribution in [3.63, 3.8) is 0 Å². The minimum atomic E-state index is 1.07. The van der Waals surface area contributed by atoms with Gasteiger partial charge in [-0.2, -0.15) is 5.10 Å². The molecule has 0 saturated carbocycles. The van der Waals surface area contributed by atoms with E-state index in [-0.39, 0.29) is 0 Å². The van der Waals surface area contributed by atoms with Gasteiger partial charge in [-0.1, -0.05) is 38.3 Å². The number of benzene rings is 1. The Balaban J connectivity index is 2.33. The van der Waals surface area contributed by atoms with Crippen molar-refractivity contribution >= 4 is 18.0 Å². The van der Waals surface area contributed by atoms with Crippen molar-refractivity contribution < 1.29 is 0 Å². The van der Waals surface area contributed by atoms with Crippen LogP contribution >= 0.6 is 11.8 Å². The van der Waals surface area contributed by atoms with Crippen molar-refractivity contribution in [2.24, 2.45) is 10.9 Å². The summed E-state index contributed by atoms with van der Waals surface area (Å²) in [5.74, 6) is 6.33. The van der Waals surface area contributed by atoms with E-state index in [1.807, 2.05) is 23.9 Å². The maximum absolute atomic E-state index is 5.13. The highest BCUT2D eigenvalue weighted by Crippen LogP contribution is 2.20. The molecule has 0 fully saturated rings. The molecule has 0 aliphatic heterocycles. The summed E-state index contributed by atoms with van der Waals surface area (Å²) in [7, 11) is 0. The van der Waals surface area contributed by atoms with Crippen molar-refractivity contribution in [2.75, 3.05) is 5.75 Å². The fourth-order valence-corrected chi connectivity index (χ4v) is 2.47. The Morgan fingerprint density at radius 3 is 2.94 bits per heavy atom. The predicted molar refractivity (Wildman–Crippen MR) is 73.1 cm³/mol. The molecule has 0 saturated heterocycles. The van der Waals surface area contributed by atoms with Crippen molar-refractivity contribution in [1.29, 1.82) is 0 Å². The van der Waals surface area contributed by atoms with E-state index in [9.17, 15) is 0 Å². The number of nitrogens with two attached hydrogens (primary N) is 1. The van der Waals surface area contributed by atoms with Crippen LogP contribution in [0.1, 0.15) is 38.2 Å². The molecule has 0 bridgehead atoms. The zero-order chi connectivity index (χ0) is 11.6. The number of hydrogen-bond donors (Lipinski definition) is 1. The zero-order valence-electron chi connectivity index (χ0n) is 9.86. The number of thioether (sulfide) groups is 1. The summed E-state index contributed by atoms with van der Waals surface area (Å²) >= 11 is 1.91. The maximum atomic E-state index is 5.13. The van der Waals surface area contributed by atoms with Gasteiger partial charge >= 0.3 is 0 Å². The number of hydrazone groups is 1. The van der Waals surface area contributed by atoms with Crippen LogP contribution in [0.15, 0.2) is 34.3 Å². The first-order valence-corrected chi connectivity index (χ1v) is 6.81. The maximum Gasteiger partial charge on any atom is 0.0538 e. The number of rotatable bonds is 7. The highest BCUT2D eigenvalue weighted by molar-refractivity contribution is 7.99. The molecule has 88 valence electrons. The van der Waals surface area contributed by atoms with Crippen molar-refractivity contribution in [2.45, 2.75) is 37.5 Å². The van der Waals surface area contributed by atoms with Crippen molar-refractivity contribution in [3.8, 4) is 0 Å². The molecule has 16 heavy (non-hydrogen) atoms. The lowest BCUT2D eigenvalue weighted by atomic mass is 10.2. The summed E-state index contributed by atoms with van der Waals surface area (Å²) in [6.07, 6.45) is 6.97. The van der Waals surface area contributed by atoms with E-state index in [4.69, 9.17) is 5.84 Å². The summed E-state index contributed by atoms with van der Waals surface area (Å²) in [5, 5.41) is 3.53. The Labute approximate surface area is 102 Å². The van der Waals surface area contributed by atoms with E-state index in [0.717, 1.165) is 5.56 Å². The van der Waals surface area contributed by atoms with Crippen LogP contribution in [0, 0.1) is 0 Å². The Bertz CT molecular complexity index is 323. The number of unbranched alkanes of at least 4 members (excludes halogenated alkanes) is 3. The van der Waals surface area contributed by atoms with Gasteiger partial charge < -0.3 is 5.84 Å². The molecule has 2 nitrogen and oxygen atoms in total. The fourth-order valence-electron chi connectivity index (χ4n) is 1.49. The fraction of sp³-hybridized carbons (Fsp3) is 0.462. The van der Waals surface area contributed by atoms with Crippen LogP contribution in [-0.2, 0) is 0 Å². The molecule has 0 aliphatic rings. The average molecular weight is 236 g/mol. The van der Waals surface area contributed by atoms with Crippen molar-refractivity contribution in [3.05, 3.63) is 29.8 Å². The van der Waals surface area contributed by atoms with Gasteiger partial charge in [0.1, 0.15) is 0 Å². The summed E-state index contributed by atoms with van der Waals surface area (Å²) in [6, 6.07) is 8.32. The summed E-state index contributed by atoms with van der Waals surface area (Å²) < 4.78 is 0.